The zero-order valence-corrected chi connectivity index (χ0v) is 10.0. The molecule has 0 atom stereocenters. The van der Waals surface area contributed by atoms with Crippen LogP contribution in [-0.4, -0.2) is 18.0 Å². The first-order valence-corrected chi connectivity index (χ1v) is 6.12. The molecule has 0 unspecified atom stereocenters. The molecule has 3 nitrogen and oxygen atoms in total. The van der Waals surface area contributed by atoms with E-state index in [9.17, 15) is 4.79 Å². The van der Waals surface area contributed by atoms with Crippen LogP contribution in [0.1, 0.15) is 52.4 Å². The summed E-state index contributed by atoms with van der Waals surface area (Å²) in [6.45, 7) is 5.07. The van der Waals surface area contributed by atoms with E-state index in [1.807, 2.05) is 0 Å². The fourth-order valence-electron chi connectivity index (χ4n) is 2.06. The molecule has 1 aliphatic carbocycles. The van der Waals surface area contributed by atoms with Gasteiger partial charge in [0.05, 0.1) is 5.54 Å². The quantitative estimate of drug-likeness (QED) is 0.746. The van der Waals surface area contributed by atoms with Gasteiger partial charge < -0.3 is 11.1 Å². The Morgan fingerprint density at radius 1 is 1.33 bits per heavy atom. The maximum Gasteiger partial charge on any atom is 0.240 e. The van der Waals surface area contributed by atoms with Gasteiger partial charge in [-0.05, 0) is 25.2 Å². The summed E-state index contributed by atoms with van der Waals surface area (Å²) >= 11 is 0. The van der Waals surface area contributed by atoms with E-state index in [0.717, 1.165) is 38.6 Å². The standard InChI is InChI=1S/C12H24N2O/c1-10(2)6-9-14-11(15)12(13)7-4-3-5-8-12/h10H,3-9,13H2,1-2H3,(H,14,15). The molecule has 0 heterocycles. The van der Waals surface area contributed by atoms with Crippen LogP contribution in [0.25, 0.3) is 0 Å². The second-order valence-electron chi connectivity index (χ2n) is 5.16. The van der Waals surface area contributed by atoms with Crippen molar-refractivity contribution < 1.29 is 4.79 Å². The van der Waals surface area contributed by atoms with Crippen LogP contribution in [0.15, 0.2) is 0 Å². The number of nitrogens with two attached hydrogens (primary N) is 1. The van der Waals surface area contributed by atoms with Crippen LogP contribution in [0, 0.1) is 5.92 Å². The van der Waals surface area contributed by atoms with Crippen molar-refractivity contribution in [2.45, 2.75) is 57.9 Å². The minimum atomic E-state index is -0.574. The largest absolute Gasteiger partial charge is 0.354 e. The molecule has 0 spiro atoms. The second-order valence-corrected chi connectivity index (χ2v) is 5.16. The summed E-state index contributed by atoms with van der Waals surface area (Å²) in [7, 11) is 0. The van der Waals surface area contributed by atoms with Gasteiger partial charge in [0.15, 0.2) is 0 Å². The molecule has 0 radical (unpaired) electrons. The lowest BCUT2D eigenvalue weighted by atomic mass is 9.82. The number of amides is 1. The van der Waals surface area contributed by atoms with Crippen molar-refractivity contribution in [1.82, 2.24) is 5.32 Å². The molecular formula is C12H24N2O. The van der Waals surface area contributed by atoms with Crippen molar-refractivity contribution in [2.24, 2.45) is 11.7 Å². The summed E-state index contributed by atoms with van der Waals surface area (Å²) in [6.07, 6.45) is 6.13. The molecule has 1 amide bonds. The summed E-state index contributed by atoms with van der Waals surface area (Å²) in [6, 6.07) is 0. The van der Waals surface area contributed by atoms with Crippen molar-refractivity contribution in [3.8, 4) is 0 Å². The number of carbonyl (C=O) groups is 1. The smallest absolute Gasteiger partial charge is 0.240 e. The highest BCUT2D eigenvalue weighted by atomic mass is 16.2. The molecule has 0 aromatic heterocycles. The van der Waals surface area contributed by atoms with Crippen LogP contribution in [0.4, 0.5) is 0 Å². The Morgan fingerprint density at radius 2 is 1.93 bits per heavy atom. The molecule has 0 bridgehead atoms. The number of rotatable bonds is 4. The summed E-state index contributed by atoms with van der Waals surface area (Å²) in [4.78, 5) is 11.9. The van der Waals surface area contributed by atoms with Gasteiger partial charge in [-0.1, -0.05) is 33.1 Å². The van der Waals surface area contributed by atoms with Crippen LogP contribution in [-0.2, 0) is 4.79 Å². The SMILES string of the molecule is CC(C)CCNC(=O)C1(N)CCCCC1. The van der Waals surface area contributed by atoms with E-state index in [2.05, 4.69) is 19.2 Å². The van der Waals surface area contributed by atoms with E-state index in [-0.39, 0.29) is 5.91 Å². The topological polar surface area (TPSA) is 55.1 Å². The maximum atomic E-state index is 11.9. The monoisotopic (exact) mass is 212 g/mol. The molecule has 0 saturated heterocycles. The number of carbonyl (C=O) groups excluding carboxylic acids is 1. The Hall–Kier alpha value is -0.570. The summed E-state index contributed by atoms with van der Waals surface area (Å²) in [5.74, 6) is 0.688. The predicted molar refractivity (Wildman–Crippen MR) is 62.5 cm³/mol. The highest BCUT2D eigenvalue weighted by Crippen LogP contribution is 2.25. The lowest BCUT2D eigenvalue weighted by molar-refractivity contribution is -0.127. The van der Waals surface area contributed by atoms with Gasteiger partial charge in [-0.15, -0.1) is 0 Å². The molecule has 88 valence electrons. The van der Waals surface area contributed by atoms with Gasteiger partial charge in [-0.2, -0.15) is 0 Å². The lowest BCUT2D eigenvalue weighted by Crippen LogP contribution is -2.55. The summed E-state index contributed by atoms with van der Waals surface area (Å²) in [5.41, 5.74) is 5.53. The van der Waals surface area contributed by atoms with Crippen molar-refractivity contribution in [3.63, 3.8) is 0 Å². The third-order valence-electron chi connectivity index (χ3n) is 3.21. The van der Waals surface area contributed by atoms with Gasteiger partial charge in [0, 0.05) is 6.54 Å². The number of hydrogen-bond acceptors (Lipinski definition) is 2. The van der Waals surface area contributed by atoms with Gasteiger partial charge in [0.1, 0.15) is 0 Å². The third-order valence-corrected chi connectivity index (χ3v) is 3.21. The third kappa shape index (κ3) is 3.82. The molecule has 0 aliphatic heterocycles. The second kappa shape index (κ2) is 5.50. The van der Waals surface area contributed by atoms with Crippen LogP contribution in [0.2, 0.25) is 0 Å². The van der Waals surface area contributed by atoms with E-state index in [4.69, 9.17) is 5.73 Å². The van der Waals surface area contributed by atoms with Crippen LogP contribution < -0.4 is 11.1 Å². The lowest BCUT2D eigenvalue weighted by Gasteiger charge is -2.31. The molecule has 1 rings (SSSR count). The van der Waals surface area contributed by atoms with Gasteiger partial charge >= 0.3 is 0 Å². The van der Waals surface area contributed by atoms with E-state index in [1.165, 1.54) is 6.42 Å². The first kappa shape index (κ1) is 12.5. The first-order valence-electron chi connectivity index (χ1n) is 6.12. The molecule has 15 heavy (non-hydrogen) atoms. The van der Waals surface area contributed by atoms with Crippen LogP contribution >= 0.6 is 0 Å². The molecular weight excluding hydrogens is 188 g/mol. The van der Waals surface area contributed by atoms with Gasteiger partial charge in [0.25, 0.3) is 0 Å². The summed E-state index contributed by atoms with van der Waals surface area (Å²) in [5, 5.41) is 2.96. The summed E-state index contributed by atoms with van der Waals surface area (Å²) < 4.78 is 0. The molecule has 3 N–H and O–H groups in total. The minimum absolute atomic E-state index is 0.0582. The highest BCUT2D eigenvalue weighted by Gasteiger charge is 2.34. The van der Waals surface area contributed by atoms with E-state index in [0.29, 0.717) is 5.92 Å². The molecule has 0 aromatic carbocycles. The fourth-order valence-corrected chi connectivity index (χ4v) is 2.06. The number of nitrogens with one attached hydrogen (secondary N) is 1. The van der Waals surface area contributed by atoms with Crippen molar-refractivity contribution in [1.29, 1.82) is 0 Å². The Balaban J connectivity index is 2.31. The Morgan fingerprint density at radius 3 is 2.47 bits per heavy atom. The van der Waals surface area contributed by atoms with Crippen molar-refractivity contribution in [2.75, 3.05) is 6.54 Å². The van der Waals surface area contributed by atoms with Gasteiger partial charge in [0.2, 0.25) is 5.91 Å². The van der Waals surface area contributed by atoms with Crippen LogP contribution in [0.5, 0.6) is 0 Å². The predicted octanol–water partition coefficient (Wildman–Crippen LogP) is 1.81. The average molecular weight is 212 g/mol. The average Bonchev–Trinajstić information content (AvgIpc) is 2.18. The fraction of sp³-hybridized carbons (Fsp3) is 0.917. The van der Waals surface area contributed by atoms with Gasteiger partial charge in [-0.3, -0.25) is 4.79 Å². The van der Waals surface area contributed by atoms with E-state index in [1.54, 1.807) is 0 Å². The molecule has 1 fully saturated rings. The minimum Gasteiger partial charge on any atom is -0.354 e. The first-order chi connectivity index (χ1) is 7.04. The van der Waals surface area contributed by atoms with Crippen LogP contribution in [0.3, 0.4) is 0 Å². The maximum absolute atomic E-state index is 11.9. The zero-order chi connectivity index (χ0) is 11.3. The molecule has 0 aromatic rings. The van der Waals surface area contributed by atoms with E-state index < -0.39 is 5.54 Å². The van der Waals surface area contributed by atoms with Crippen molar-refractivity contribution in [3.05, 3.63) is 0 Å². The molecule has 3 heteroatoms. The normalized spacial score (nSPS) is 20.3. The Labute approximate surface area is 92.8 Å². The zero-order valence-electron chi connectivity index (χ0n) is 10.0. The molecule has 1 saturated carbocycles. The Bertz CT molecular complexity index is 208. The van der Waals surface area contributed by atoms with Gasteiger partial charge in [-0.25, -0.2) is 0 Å². The van der Waals surface area contributed by atoms with Crippen molar-refractivity contribution >= 4 is 5.91 Å². The highest BCUT2D eigenvalue weighted by molar-refractivity contribution is 5.86. The Kier molecular flexibility index (Phi) is 4.58. The molecule has 1 aliphatic rings. The number of hydrogen-bond donors (Lipinski definition) is 2. The van der Waals surface area contributed by atoms with E-state index >= 15 is 0 Å².